The maximum atomic E-state index is 13.3. The van der Waals surface area contributed by atoms with Gasteiger partial charge in [0.1, 0.15) is 5.82 Å². The average molecular weight is 419 g/mol. The van der Waals surface area contributed by atoms with Gasteiger partial charge in [-0.1, -0.05) is 42.1 Å². The molecule has 0 fully saturated rings. The topological polar surface area (TPSA) is 72.7 Å². The molecule has 1 N–H and O–H groups in total. The number of benzene rings is 2. The van der Waals surface area contributed by atoms with Gasteiger partial charge in [0.25, 0.3) is 0 Å². The number of thioether (sulfide) groups is 1. The van der Waals surface area contributed by atoms with E-state index in [0.29, 0.717) is 17.5 Å². The Morgan fingerprint density at radius 1 is 0.967 bits per heavy atom. The van der Waals surface area contributed by atoms with Crippen LogP contribution in [-0.4, -0.2) is 31.4 Å². The van der Waals surface area contributed by atoms with E-state index >= 15 is 0 Å². The number of hydrogen-bond acceptors (Lipinski definition) is 5. The van der Waals surface area contributed by atoms with E-state index < -0.39 is 0 Å². The third-order valence-corrected chi connectivity index (χ3v) is 5.27. The number of anilines is 1. The first-order chi connectivity index (χ1) is 14.7. The fourth-order valence-corrected chi connectivity index (χ4v) is 3.61. The number of halogens is 1. The Balaban J connectivity index is 1.55. The molecule has 4 aromatic rings. The monoisotopic (exact) mass is 419 g/mol. The molecule has 0 atom stereocenters. The Hall–Kier alpha value is -3.52. The van der Waals surface area contributed by atoms with Gasteiger partial charge >= 0.3 is 0 Å². The van der Waals surface area contributed by atoms with Gasteiger partial charge in [0, 0.05) is 23.6 Å². The van der Waals surface area contributed by atoms with Crippen molar-refractivity contribution in [3.05, 3.63) is 90.5 Å². The first kappa shape index (κ1) is 19.8. The second-order valence-corrected chi connectivity index (χ2v) is 7.40. The van der Waals surface area contributed by atoms with Crippen LogP contribution < -0.4 is 5.32 Å². The zero-order valence-corrected chi connectivity index (χ0v) is 16.7. The minimum absolute atomic E-state index is 0.131. The van der Waals surface area contributed by atoms with Gasteiger partial charge in [-0.3, -0.25) is 14.3 Å². The van der Waals surface area contributed by atoms with Crippen LogP contribution in [-0.2, 0) is 11.3 Å². The van der Waals surface area contributed by atoms with E-state index in [1.54, 1.807) is 24.5 Å². The molecule has 0 spiro atoms. The number of nitrogens with zero attached hydrogens (tertiary/aromatic N) is 4. The SMILES string of the molecule is O=C(CSc1nnc(-c2ccncc2)n1Cc1ccc(F)cc1)Nc1ccccc1. The summed E-state index contributed by atoms with van der Waals surface area (Å²) in [5, 5.41) is 12.1. The first-order valence-corrected chi connectivity index (χ1v) is 10.2. The molecule has 0 radical (unpaired) electrons. The quantitative estimate of drug-likeness (QED) is 0.453. The zero-order valence-electron chi connectivity index (χ0n) is 15.9. The van der Waals surface area contributed by atoms with E-state index in [4.69, 9.17) is 0 Å². The van der Waals surface area contributed by atoms with Gasteiger partial charge in [-0.2, -0.15) is 0 Å². The molecule has 0 saturated heterocycles. The molecule has 30 heavy (non-hydrogen) atoms. The van der Waals surface area contributed by atoms with Crippen LogP contribution in [0.1, 0.15) is 5.56 Å². The van der Waals surface area contributed by atoms with Crippen molar-refractivity contribution >= 4 is 23.4 Å². The van der Waals surface area contributed by atoms with Crippen LogP contribution >= 0.6 is 11.8 Å². The molecule has 0 aliphatic heterocycles. The lowest BCUT2D eigenvalue weighted by Crippen LogP contribution is -2.14. The second kappa shape index (κ2) is 9.32. The Bertz CT molecular complexity index is 1120. The number of hydrogen-bond donors (Lipinski definition) is 1. The molecule has 1 amide bonds. The smallest absolute Gasteiger partial charge is 0.234 e. The summed E-state index contributed by atoms with van der Waals surface area (Å²) in [4.78, 5) is 16.4. The maximum absolute atomic E-state index is 13.3. The Kier molecular flexibility index (Phi) is 6.14. The molecule has 0 aliphatic carbocycles. The van der Waals surface area contributed by atoms with Crippen LogP contribution in [0, 0.1) is 5.82 Å². The third-order valence-electron chi connectivity index (χ3n) is 4.30. The van der Waals surface area contributed by atoms with Crippen molar-refractivity contribution < 1.29 is 9.18 Å². The fraction of sp³-hybridized carbons (Fsp3) is 0.0909. The lowest BCUT2D eigenvalue weighted by molar-refractivity contribution is -0.113. The highest BCUT2D eigenvalue weighted by Gasteiger charge is 2.16. The molecule has 6 nitrogen and oxygen atoms in total. The molecule has 0 unspecified atom stereocenters. The molecule has 8 heteroatoms. The number of amides is 1. The van der Waals surface area contributed by atoms with Crippen LogP contribution in [0.2, 0.25) is 0 Å². The highest BCUT2D eigenvalue weighted by atomic mass is 32.2. The molecule has 2 aromatic carbocycles. The summed E-state index contributed by atoms with van der Waals surface area (Å²) in [5.41, 5.74) is 2.51. The largest absolute Gasteiger partial charge is 0.325 e. The Morgan fingerprint density at radius 2 is 1.70 bits per heavy atom. The summed E-state index contributed by atoms with van der Waals surface area (Å²) >= 11 is 1.30. The summed E-state index contributed by atoms with van der Waals surface area (Å²) in [7, 11) is 0. The van der Waals surface area contributed by atoms with Crippen molar-refractivity contribution in [1.82, 2.24) is 19.7 Å². The Morgan fingerprint density at radius 3 is 2.43 bits per heavy atom. The van der Waals surface area contributed by atoms with Crippen molar-refractivity contribution in [2.45, 2.75) is 11.7 Å². The molecule has 0 aliphatic rings. The van der Waals surface area contributed by atoms with E-state index in [1.807, 2.05) is 47.0 Å². The number of pyridine rings is 1. The maximum Gasteiger partial charge on any atom is 0.234 e. The molecular weight excluding hydrogens is 401 g/mol. The number of nitrogens with one attached hydrogen (secondary N) is 1. The van der Waals surface area contributed by atoms with Crippen molar-refractivity contribution in [2.75, 3.05) is 11.1 Å². The summed E-state index contributed by atoms with van der Waals surface area (Å²) in [5.74, 6) is 0.428. The molecule has 150 valence electrons. The van der Waals surface area contributed by atoms with Gasteiger partial charge in [-0.05, 0) is 42.0 Å². The third kappa shape index (κ3) is 4.90. The van der Waals surface area contributed by atoms with Crippen LogP contribution in [0.25, 0.3) is 11.4 Å². The standard InChI is InChI=1S/C22H18FN5OS/c23-18-8-6-16(7-9-18)14-28-21(17-10-12-24-13-11-17)26-27-22(28)30-15-20(29)25-19-4-2-1-3-5-19/h1-13H,14-15H2,(H,25,29). The molecule has 2 heterocycles. The van der Waals surface area contributed by atoms with Gasteiger partial charge in [-0.15, -0.1) is 10.2 Å². The first-order valence-electron chi connectivity index (χ1n) is 9.25. The summed E-state index contributed by atoms with van der Waals surface area (Å²) in [6.07, 6.45) is 3.37. The van der Waals surface area contributed by atoms with Crippen molar-refractivity contribution in [3.8, 4) is 11.4 Å². The van der Waals surface area contributed by atoms with Crippen molar-refractivity contribution in [2.24, 2.45) is 0 Å². The summed E-state index contributed by atoms with van der Waals surface area (Å²) in [6.45, 7) is 0.452. The van der Waals surface area contributed by atoms with E-state index in [1.165, 1.54) is 23.9 Å². The van der Waals surface area contributed by atoms with E-state index in [9.17, 15) is 9.18 Å². The minimum atomic E-state index is -0.288. The second-order valence-electron chi connectivity index (χ2n) is 6.46. The molecule has 0 bridgehead atoms. The summed E-state index contributed by atoms with van der Waals surface area (Å²) in [6, 6.07) is 19.3. The molecular formula is C22H18FN5OS. The number of carbonyl (C=O) groups is 1. The lowest BCUT2D eigenvalue weighted by atomic mass is 10.2. The summed E-state index contributed by atoms with van der Waals surface area (Å²) < 4.78 is 15.2. The Labute approximate surface area is 177 Å². The van der Waals surface area contributed by atoms with Crippen LogP contribution in [0.15, 0.2) is 84.3 Å². The van der Waals surface area contributed by atoms with Crippen molar-refractivity contribution in [3.63, 3.8) is 0 Å². The van der Waals surface area contributed by atoms with E-state index in [0.717, 1.165) is 16.8 Å². The fourth-order valence-electron chi connectivity index (χ4n) is 2.87. The number of carbonyl (C=O) groups excluding carboxylic acids is 1. The van der Waals surface area contributed by atoms with Gasteiger partial charge in [0.15, 0.2) is 11.0 Å². The van der Waals surface area contributed by atoms with Gasteiger partial charge in [0.2, 0.25) is 5.91 Å². The highest BCUT2D eigenvalue weighted by Crippen LogP contribution is 2.25. The van der Waals surface area contributed by atoms with Crippen LogP contribution in [0.4, 0.5) is 10.1 Å². The van der Waals surface area contributed by atoms with Gasteiger partial charge < -0.3 is 5.32 Å². The molecule has 2 aromatic heterocycles. The predicted molar refractivity (Wildman–Crippen MR) is 115 cm³/mol. The highest BCUT2D eigenvalue weighted by molar-refractivity contribution is 7.99. The number of para-hydroxylation sites is 1. The van der Waals surface area contributed by atoms with Gasteiger partial charge in [-0.25, -0.2) is 4.39 Å². The van der Waals surface area contributed by atoms with Crippen LogP contribution in [0.5, 0.6) is 0 Å². The minimum Gasteiger partial charge on any atom is -0.325 e. The number of rotatable bonds is 7. The zero-order chi connectivity index (χ0) is 20.8. The molecule has 0 saturated carbocycles. The average Bonchev–Trinajstić information content (AvgIpc) is 3.17. The van der Waals surface area contributed by atoms with Gasteiger partial charge in [0.05, 0.1) is 12.3 Å². The predicted octanol–water partition coefficient (Wildman–Crippen LogP) is 4.26. The van der Waals surface area contributed by atoms with E-state index in [2.05, 4.69) is 20.5 Å². The van der Waals surface area contributed by atoms with Crippen molar-refractivity contribution in [1.29, 1.82) is 0 Å². The van der Waals surface area contributed by atoms with Crippen LogP contribution in [0.3, 0.4) is 0 Å². The number of aromatic nitrogens is 4. The normalized spacial score (nSPS) is 10.7. The van der Waals surface area contributed by atoms with E-state index in [-0.39, 0.29) is 17.5 Å². The lowest BCUT2D eigenvalue weighted by Gasteiger charge is -2.11. The molecule has 4 rings (SSSR count).